The molecule has 4 rings (SSSR count). The third kappa shape index (κ3) is 4.19. The summed E-state index contributed by atoms with van der Waals surface area (Å²) in [6.45, 7) is 2.43. The highest BCUT2D eigenvalue weighted by atomic mass is 16.5. The SMILES string of the molecule is N#Cc1ccc2[nH]cc(CCCCNCCOc3ccc4occc4c3)c2c1. The highest BCUT2D eigenvalue weighted by Crippen LogP contribution is 2.22. The Morgan fingerprint density at radius 1 is 1.07 bits per heavy atom. The maximum absolute atomic E-state index is 9.07. The molecule has 4 aromatic rings. The number of benzene rings is 2. The molecule has 0 unspecified atom stereocenters. The zero-order valence-electron chi connectivity index (χ0n) is 15.7. The molecule has 0 amide bonds. The van der Waals surface area contributed by atoms with E-state index in [2.05, 4.69) is 22.6 Å². The van der Waals surface area contributed by atoms with Crippen LogP contribution in [-0.2, 0) is 6.42 Å². The molecule has 0 fully saturated rings. The molecular weight excluding hydrogens is 350 g/mol. The minimum Gasteiger partial charge on any atom is -0.492 e. The predicted octanol–water partition coefficient (Wildman–Crippen LogP) is 4.78. The molecule has 0 saturated carbocycles. The van der Waals surface area contributed by atoms with Gasteiger partial charge in [-0.1, -0.05) is 0 Å². The Labute approximate surface area is 163 Å². The van der Waals surface area contributed by atoms with Crippen LogP contribution in [0.5, 0.6) is 5.75 Å². The van der Waals surface area contributed by atoms with Crippen molar-refractivity contribution in [3.8, 4) is 11.8 Å². The average Bonchev–Trinajstić information content (AvgIpc) is 3.36. The maximum Gasteiger partial charge on any atom is 0.134 e. The van der Waals surface area contributed by atoms with Crippen molar-refractivity contribution in [2.24, 2.45) is 0 Å². The van der Waals surface area contributed by atoms with Gasteiger partial charge in [0.2, 0.25) is 0 Å². The Morgan fingerprint density at radius 2 is 2.04 bits per heavy atom. The summed E-state index contributed by atoms with van der Waals surface area (Å²) in [6, 6.07) is 15.8. The standard InChI is InChI=1S/C23H23N3O2/c24-15-17-4-6-22-21(13-17)19(16-26-22)3-1-2-9-25-10-12-27-20-5-7-23-18(14-20)8-11-28-23/h4-8,11,13-14,16,25-26H,1-3,9-10,12H2. The number of nitrogens with one attached hydrogen (secondary N) is 2. The predicted molar refractivity (Wildman–Crippen MR) is 111 cm³/mol. The summed E-state index contributed by atoms with van der Waals surface area (Å²) >= 11 is 0. The molecule has 0 bridgehead atoms. The molecule has 0 aliphatic rings. The number of aryl methyl sites for hydroxylation is 1. The summed E-state index contributed by atoms with van der Waals surface area (Å²) in [4.78, 5) is 3.29. The van der Waals surface area contributed by atoms with E-state index in [0.717, 1.165) is 60.0 Å². The molecule has 2 aromatic carbocycles. The molecule has 0 spiro atoms. The third-order valence-corrected chi connectivity index (χ3v) is 4.92. The van der Waals surface area contributed by atoms with Gasteiger partial charge in [0, 0.05) is 29.0 Å². The molecule has 0 aliphatic carbocycles. The fourth-order valence-electron chi connectivity index (χ4n) is 3.42. The van der Waals surface area contributed by atoms with Crippen molar-refractivity contribution in [2.75, 3.05) is 19.7 Å². The van der Waals surface area contributed by atoms with Crippen LogP contribution < -0.4 is 10.1 Å². The Morgan fingerprint density at radius 3 is 2.96 bits per heavy atom. The Hall–Kier alpha value is -3.23. The molecule has 2 heterocycles. The van der Waals surface area contributed by atoms with Gasteiger partial charge in [0.1, 0.15) is 17.9 Å². The van der Waals surface area contributed by atoms with Gasteiger partial charge in [-0.3, -0.25) is 0 Å². The summed E-state index contributed by atoms with van der Waals surface area (Å²) in [7, 11) is 0. The van der Waals surface area contributed by atoms with Crippen LogP contribution in [0.1, 0.15) is 24.0 Å². The van der Waals surface area contributed by atoms with Crippen molar-refractivity contribution in [3.63, 3.8) is 0 Å². The normalized spacial score (nSPS) is 11.1. The summed E-state index contributed by atoms with van der Waals surface area (Å²) in [5, 5.41) is 14.7. The lowest BCUT2D eigenvalue weighted by atomic mass is 10.1. The van der Waals surface area contributed by atoms with Crippen LogP contribution >= 0.6 is 0 Å². The van der Waals surface area contributed by atoms with Gasteiger partial charge in [0.25, 0.3) is 0 Å². The maximum atomic E-state index is 9.07. The van der Waals surface area contributed by atoms with Crippen LogP contribution in [0.2, 0.25) is 0 Å². The number of furan rings is 1. The number of nitrogens with zero attached hydrogens (tertiary/aromatic N) is 1. The number of hydrogen-bond acceptors (Lipinski definition) is 4. The molecule has 142 valence electrons. The first-order valence-corrected chi connectivity index (χ1v) is 9.64. The number of rotatable bonds is 9. The second kappa shape index (κ2) is 8.64. The van der Waals surface area contributed by atoms with Gasteiger partial charge < -0.3 is 19.5 Å². The van der Waals surface area contributed by atoms with E-state index in [1.54, 1.807) is 6.26 Å². The fourth-order valence-corrected chi connectivity index (χ4v) is 3.42. The molecular formula is C23H23N3O2. The quantitative estimate of drug-likeness (QED) is 0.414. The molecule has 2 aromatic heterocycles. The Bertz CT molecular complexity index is 1100. The smallest absolute Gasteiger partial charge is 0.134 e. The van der Waals surface area contributed by atoms with E-state index >= 15 is 0 Å². The van der Waals surface area contributed by atoms with E-state index in [-0.39, 0.29) is 0 Å². The van der Waals surface area contributed by atoms with E-state index in [1.165, 1.54) is 5.56 Å². The minimum absolute atomic E-state index is 0.642. The molecule has 5 nitrogen and oxygen atoms in total. The first-order valence-electron chi connectivity index (χ1n) is 9.64. The number of fused-ring (bicyclic) bond motifs is 2. The summed E-state index contributed by atoms with van der Waals surface area (Å²) in [5.74, 6) is 0.867. The molecule has 0 saturated heterocycles. The average molecular weight is 373 g/mol. The van der Waals surface area contributed by atoms with Crippen LogP contribution in [0.4, 0.5) is 0 Å². The van der Waals surface area contributed by atoms with Gasteiger partial charge in [0.05, 0.1) is 17.9 Å². The lowest BCUT2D eigenvalue weighted by Crippen LogP contribution is -2.22. The van der Waals surface area contributed by atoms with E-state index in [4.69, 9.17) is 14.4 Å². The van der Waals surface area contributed by atoms with Crippen molar-refractivity contribution in [1.29, 1.82) is 5.26 Å². The number of unbranched alkanes of at least 4 members (excludes halogenated alkanes) is 1. The van der Waals surface area contributed by atoms with Crippen LogP contribution in [0, 0.1) is 11.3 Å². The van der Waals surface area contributed by atoms with Gasteiger partial charge in [-0.15, -0.1) is 0 Å². The Balaban J connectivity index is 1.14. The molecule has 0 aliphatic heterocycles. The van der Waals surface area contributed by atoms with Gasteiger partial charge in [-0.2, -0.15) is 5.26 Å². The number of hydrogen-bond donors (Lipinski definition) is 2. The highest BCUT2D eigenvalue weighted by molar-refractivity contribution is 5.84. The van der Waals surface area contributed by atoms with Crippen LogP contribution in [0.15, 0.2) is 59.3 Å². The molecule has 28 heavy (non-hydrogen) atoms. The molecule has 2 N–H and O–H groups in total. The van der Waals surface area contributed by atoms with Gasteiger partial charge in [-0.25, -0.2) is 0 Å². The van der Waals surface area contributed by atoms with E-state index in [9.17, 15) is 0 Å². The third-order valence-electron chi connectivity index (χ3n) is 4.92. The summed E-state index contributed by atoms with van der Waals surface area (Å²) in [5.41, 5.74) is 3.97. The van der Waals surface area contributed by atoms with Gasteiger partial charge in [0.15, 0.2) is 0 Å². The van der Waals surface area contributed by atoms with Crippen molar-refractivity contribution >= 4 is 21.9 Å². The van der Waals surface area contributed by atoms with Crippen LogP contribution in [0.25, 0.3) is 21.9 Å². The van der Waals surface area contributed by atoms with Crippen molar-refractivity contribution in [2.45, 2.75) is 19.3 Å². The zero-order valence-corrected chi connectivity index (χ0v) is 15.7. The second-order valence-corrected chi connectivity index (χ2v) is 6.86. The van der Waals surface area contributed by atoms with Crippen molar-refractivity contribution < 1.29 is 9.15 Å². The molecule has 0 radical (unpaired) electrons. The lowest BCUT2D eigenvalue weighted by Gasteiger charge is -2.07. The van der Waals surface area contributed by atoms with Crippen LogP contribution in [0.3, 0.4) is 0 Å². The number of ether oxygens (including phenoxy) is 1. The highest BCUT2D eigenvalue weighted by Gasteiger charge is 2.05. The van der Waals surface area contributed by atoms with Crippen molar-refractivity contribution in [1.82, 2.24) is 10.3 Å². The largest absolute Gasteiger partial charge is 0.492 e. The lowest BCUT2D eigenvalue weighted by molar-refractivity contribution is 0.314. The molecule has 5 heteroatoms. The number of H-pyrrole nitrogens is 1. The Kier molecular flexibility index (Phi) is 5.60. The number of nitriles is 1. The fraction of sp³-hybridized carbons (Fsp3) is 0.261. The van der Waals surface area contributed by atoms with Gasteiger partial charge >= 0.3 is 0 Å². The molecule has 0 atom stereocenters. The van der Waals surface area contributed by atoms with Crippen LogP contribution in [-0.4, -0.2) is 24.7 Å². The topological polar surface area (TPSA) is 74.0 Å². The first kappa shape index (κ1) is 18.1. The van der Waals surface area contributed by atoms with E-state index in [0.29, 0.717) is 12.2 Å². The van der Waals surface area contributed by atoms with E-state index in [1.807, 2.05) is 42.5 Å². The minimum atomic E-state index is 0.642. The number of aromatic amines is 1. The number of aromatic nitrogens is 1. The summed E-state index contributed by atoms with van der Waals surface area (Å²) < 4.78 is 11.1. The van der Waals surface area contributed by atoms with Crippen molar-refractivity contribution in [3.05, 3.63) is 66.1 Å². The summed E-state index contributed by atoms with van der Waals surface area (Å²) in [6.07, 6.45) is 6.97. The van der Waals surface area contributed by atoms with E-state index < -0.39 is 0 Å². The second-order valence-electron chi connectivity index (χ2n) is 6.86. The zero-order chi connectivity index (χ0) is 19.2. The first-order chi connectivity index (χ1) is 13.8. The van der Waals surface area contributed by atoms with Gasteiger partial charge in [-0.05, 0) is 73.8 Å². The monoisotopic (exact) mass is 373 g/mol.